The summed E-state index contributed by atoms with van der Waals surface area (Å²) < 4.78 is 16.5. The second-order valence-corrected chi connectivity index (χ2v) is 22.1. The third-order valence-corrected chi connectivity index (χ3v) is 18.2. The maximum Gasteiger partial charge on any atom is 0.255 e. The summed E-state index contributed by atoms with van der Waals surface area (Å²) in [5.41, 5.74) is -0.0162. The zero-order valence-corrected chi connectivity index (χ0v) is 39.6. The Balaban J connectivity index is 0.782. The molecule has 9 aliphatic rings. The van der Waals surface area contributed by atoms with Crippen molar-refractivity contribution in [2.75, 3.05) is 18.4 Å². The molecule has 4 aliphatic carbocycles. The molecule has 0 radical (unpaired) electrons. The molecule has 0 aromatic heterocycles. The van der Waals surface area contributed by atoms with Crippen molar-refractivity contribution in [2.45, 2.75) is 144 Å². The molecule has 3 aromatic rings. The second-order valence-electron chi connectivity index (χ2n) is 21.2. The number of amides is 6. The van der Waals surface area contributed by atoms with E-state index in [-0.39, 0.29) is 58.5 Å². The first-order valence-electron chi connectivity index (χ1n) is 24.3. The monoisotopic (exact) mass is 960 g/mol. The Labute approximate surface area is 405 Å². The molecular formula is C53H55Cl2FN6O6. The molecule has 2 bridgehead atoms. The van der Waals surface area contributed by atoms with Crippen LogP contribution < -0.4 is 21.3 Å². The predicted molar refractivity (Wildman–Crippen MR) is 253 cm³/mol. The molecule has 68 heavy (non-hydrogen) atoms. The lowest BCUT2D eigenvalue weighted by molar-refractivity contribution is -0.152. The molecule has 3 saturated heterocycles. The smallest absolute Gasteiger partial charge is 0.255 e. The van der Waals surface area contributed by atoms with Gasteiger partial charge in [0, 0.05) is 75.7 Å². The number of carbonyl (C=O) groups excluding carboxylic acids is 6. The van der Waals surface area contributed by atoms with E-state index in [1.54, 1.807) is 35.2 Å². The van der Waals surface area contributed by atoms with Crippen LogP contribution in [0.15, 0.2) is 54.6 Å². The normalized spacial score (nSPS) is 31.0. The molecule has 6 amide bonds. The fraction of sp³-hybridized carbons (Fsp3) is 0.509. The van der Waals surface area contributed by atoms with Gasteiger partial charge in [0.1, 0.15) is 17.3 Å². The van der Waals surface area contributed by atoms with Crippen LogP contribution in [0.3, 0.4) is 0 Å². The Kier molecular flexibility index (Phi) is 10.9. The lowest BCUT2D eigenvalue weighted by Crippen LogP contribution is -2.63. The molecule has 12 nitrogen and oxygen atoms in total. The van der Waals surface area contributed by atoms with Crippen LogP contribution in [0.4, 0.5) is 10.1 Å². The largest absolute Gasteiger partial charge is 0.349 e. The third-order valence-electron chi connectivity index (χ3n) is 17.6. The molecule has 12 rings (SSSR count). The van der Waals surface area contributed by atoms with E-state index in [1.807, 2.05) is 23.1 Å². The van der Waals surface area contributed by atoms with Crippen molar-refractivity contribution in [3.8, 4) is 11.8 Å². The van der Waals surface area contributed by atoms with Crippen molar-refractivity contribution in [2.24, 2.45) is 10.8 Å². The van der Waals surface area contributed by atoms with Crippen molar-refractivity contribution < 1.29 is 33.2 Å². The number of piperidine rings is 2. The van der Waals surface area contributed by atoms with Gasteiger partial charge in [-0.05, 0) is 125 Å². The van der Waals surface area contributed by atoms with E-state index in [0.717, 1.165) is 30.4 Å². The first kappa shape index (κ1) is 45.2. The van der Waals surface area contributed by atoms with E-state index in [0.29, 0.717) is 106 Å². The Bertz CT molecular complexity index is 2750. The topological polar surface area (TPSA) is 157 Å². The Hall–Kier alpha value is -5.29. The molecule has 2 spiro atoms. The number of likely N-dealkylation sites (tertiary alicyclic amines) is 1. The number of benzene rings is 3. The minimum Gasteiger partial charge on any atom is -0.349 e. The number of carbonyl (C=O) groups is 6. The van der Waals surface area contributed by atoms with Gasteiger partial charge in [0.05, 0.1) is 11.1 Å². The minimum absolute atomic E-state index is 0.0723. The molecule has 1 unspecified atom stereocenters. The lowest BCUT2D eigenvalue weighted by atomic mass is 9.55. The average Bonchev–Trinajstić information content (AvgIpc) is 3.93. The molecule has 4 atom stereocenters. The van der Waals surface area contributed by atoms with Gasteiger partial charge in [-0.1, -0.05) is 78.6 Å². The zero-order chi connectivity index (χ0) is 47.4. The maximum atomic E-state index is 16.5. The van der Waals surface area contributed by atoms with Gasteiger partial charge in [-0.15, -0.1) is 0 Å². The highest BCUT2D eigenvalue weighted by Gasteiger charge is 2.72. The Morgan fingerprint density at radius 1 is 0.853 bits per heavy atom. The van der Waals surface area contributed by atoms with Crippen molar-refractivity contribution in [3.05, 3.63) is 98.3 Å². The van der Waals surface area contributed by atoms with Crippen molar-refractivity contribution in [3.63, 3.8) is 0 Å². The van der Waals surface area contributed by atoms with Crippen LogP contribution in [-0.4, -0.2) is 81.5 Å². The van der Waals surface area contributed by atoms with Crippen LogP contribution in [0.1, 0.15) is 142 Å². The molecule has 7 fully saturated rings. The van der Waals surface area contributed by atoms with E-state index < -0.39 is 51.6 Å². The Morgan fingerprint density at radius 2 is 1.57 bits per heavy atom. The van der Waals surface area contributed by atoms with Gasteiger partial charge in [-0.25, -0.2) is 4.39 Å². The number of hydrogen-bond donors (Lipinski definition) is 4. The van der Waals surface area contributed by atoms with Gasteiger partial charge >= 0.3 is 0 Å². The fourth-order valence-electron chi connectivity index (χ4n) is 13.8. The standard InChI is InChI=1S/C53H55Cl2FN6O6/c1-49(18-15-31-7-5-8-33-35(31)30-62(46(33)66)39-13-14-40(63)58-44(39)64)25-27-61(28-26-49)48(68)50-19-22-51(23-20-50,24-21-50)60-45(65)43-41(34-9-6-10-37(55)42(34)56)53(52(59-43)16-3-2-4-17-52)36-12-11-32(54)29-38(36)57-47(53)67/h5-12,29,39,41,43,59H,2-4,13-14,16-17,19-28,30H2,1H3,(H,57,67)(H,60,65)(H,58,63,64)/t39?,41-,43+,50?,51?,53+/m0/s1. The quantitative estimate of drug-likeness (QED) is 0.153. The Morgan fingerprint density at radius 3 is 2.29 bits per heavy atom. The lowest BCUT2D eigenvalue weighted by Gasteiger charge is -2.54. The number of nitrogens with zero attached hydrogens (tertiary/aromatic N) is 2. The van der Waals surface area contributed by atoms with Gasteiger partial charge in [-0.2, -0.15) is 0 Å². The number of hydrogen-bond acceptors (Lipinski definition) is 7. The van der Waals surface area contributed by atoms with E-state index in [4.69, 9.17) is 23.2 Å². The molecule has 5 aliphatic heterocycles. The zero-order valence-electron chi connectivity index (χ0n) is 38.1. The van der Waals surface area contributed by atoms with Crippen molar-refractivity contribution >= 4 is 64.3 Å². The summed E-state index contributed by atoms with van der Waals surface area (Å²) in [4.78, 5) is 85.9. The summed E-state index contributed by atoms with van der Waals surface area (Å²) in [7, 11) is 0. The summed E-state index contributed by atoms with van der Waals surface area (Å²) >= 11 is 12.9. The van der Waals surface area contributed by atoms with Gasteiger partial charge < -0.3 is 20.4 Å². The first-order chi connectivity index (χ1) is 32.6. The summed E-state index contributed by atoms with van der Waals surface area (Å²) in [5, 5.41) is 13.1. The second kappa shape index (κ2) is 16.4. The van der Waals surface area contributed by atoms with Crippen LogP contribution >= 0.6 is 23.2 Å². The molecule has 354 valence electrons. The summed E-state index contributed by atoms with van der Waals surface area (Å²) in [5.74, 6) is 3.93. The molecule has 4 N–H and O–H groups in total. The average molecular weight is 962 g/mol. The number of anilines is 1. The molecule has 3 aromatic carbocycles. The molecule has 4 saturated carbocycles. The van der Waals surface area contributed by atoms with Crippen LogP contribution in [0.25, 0.3) is 0 Å². The van der Waals surface area contributed by atoms with Crippen LogP contribution in [-0.2, 0) is 35.9 Å². The van der Waals surface area contributed by atoms with E-state index >= 15 is 9.18 Å². The number of fused-ring (bicyclic) bond motifs is 7. The third kappa shape index (κ3) is 6.93. The number of nitrogens with one attached hydrogen (secondary N) is 4. The van der Waals surface area contributed by atoms with Crippen LogP contribution in [0.5, 0.6) is 0 Å². The van der Waals surface area contributed by atoms with Gasteiger partial charge in [0.15, 0.2) is 0 Å². The van der Waals surface area contributed by atoms with E-state index in [1.165, 1.54) is 6.07 Å². The molecule has 15 heteroatoms. The summed E-state index contributed by atoms with van der Waals surface area (Å²) in [6.45, 7) is 3.52. The summed E-state index contributed by atoms with van der Waals surface area (Å²) in [6, 6.07) is 14.0. The van der Waals surface area contributed by atoms with Crippen LogP contribution in [0.2, 0.25) is 10.0 Å². The highest BCUT2D eigenvalue weighted by atomic mass is 35.5. The van der Waals surface area contributed by atoms with Gasteiger partial charge in [0.2, 0.25) is 29.5 Å². The SMILES string of the molecule is CC1(C#Cc2cccc3c2CN(C2CCC(=O)NC2=O)C3=O)CCN(C(=O)C23CCC(NC(=O)[C@@H]4NC5(CCCCC5)[C@@]5(C(=O)Nc6cc(Cl)ccc65)[C@H]4c4cccc(Cl)c4F)(CC2)CC3)CC1. The van der Waals surface area contributed by atoms with Crippen molar-refractivity contribution in [1.29, 1.82) is 0 Å². The molecule has 5 heterocycles. The highest BCUT2D eigenvalue weighted by Crippen LogP contribution is 2.63. The number of imide groups is 1. The maximum absolute atomic E-state index is 16.5. The fourth-order valence-corrected chi connectivity index (χ4v) is 14.2. The first-order valence-corrected chi connectivity index (χ1v) is 25.1. The molecular weight excluding hydrogens is 907 g/mol. The van der Waals surface area contributed by atoms with Crippen molar-refractivity contribution in [1.82, 2.24) is 25.8 Å². The highest BCUT2D eigenvalue weighted by molar-refractivity contribution is 6.31. The van der Waals surface area contributed by atoms with E-state index in [9.17, 15) is 24.0 Å². The van der Waals surface area contributed by atoms with Gasteiger partial charge in [-0.3, -0.25) is 39.4 Å². The van der Waals surface area contributed by atoms with E-state index in [2.05, 4.69) is 40.0 Å². The number of halogens is 3. The number of rotatable bonds is 5. The van der Waals surface area contributed by atoms with Gasteiger partial charge in [0.25, 0.3) is 5.91 Å². The van der Waals surface area contributed by atoms with Crippen LogP contribution in [0, 0.1) is 28.5 Å². The summed E-state index contributed by atoms with van der Waals surface area (Å²) in [6.07, 6.45) is 9.64. The minimum atomic E-state index is -1.32. The predicted octanol–water partition coefficient (Wildman–Crippen LogP) is 7.43.